The number of methoxy groups -OCH3 is 4. The van der Waals surface area contributed by atoms with Crippen molar-refractivity contribution >= 4 is 15.7 Å². The lowest BCUT2D eigenvalue weighted by molar-refractivity contribution is 0.346. The van der Waals surface area contributed by atoms with Gasteiger partial charge in [-0.1, -0.05) is 17.7 Å². The molecule has 0 saturated carbocycles. The number of ether oxygens (including phenoxy) is 4. The molecule has 0 N–H and O–H groups in total. The number of hydrazone groups is 1. The van der Waals surface area contributed by atoms with Crippen LogP contribution in [-0.4, -0.2) is 47.0 Å². The van der Waals surface area contributed by atoms with Gasteiger partial charge in [-0.05, 0) is 49.4 Å². The molecule has 0 fully saturated rings. The van der Waals surface area contributed by atoms with Gasteiger partial charge in [0, 0.05) is 23.6 Å². The van der Waals surface area contributed by atoms with E-state index in [1.807, 2.05) is 13.0 Å². The van der Waals surface area contributed by atoms with Gasteiger partial charge in [-0.25, -0.2) is 0 Å². The van der Waals surface area contributed by atoms with E-state index in [4.69, 9.17) is 18.9 Å². The number of benzene rings is 3. The van der Waals surface area contributed by atoms with E-state index in [2.05, 4.69) is 5.10 Å². The molecule has 9 heteroatoms. The Bertz CT molecular complexity index is 1350. The maximum atomic E-state index is 13.8. The molecule has 0 aliphatic carbocycles. The Kier molecular flexibility index (Phi) is 6.88. The summed E-state index contributed by atoms with van der Waals surface area (Å²) in [5.41, 5.74) is 2.86. The minimum absolute atomic E-state index is 0.154. The van der Waals surface area contributed by atoms with Gasteiger partial charge in [-0.15, -0.1) is 0 Å². The van der Waals surface area contributed by atoms with Crippen LogP contribution in [0.25, 0.3) is 0 Å². The maximum absolute atomic E-state index is 13.8. The molecule has 8 nitrogen and oxygen atoms in total. The summed E-state index contributed by atoms with van der Waals surface area (Å²) in [6.45, 7) is 1.91. The van der Waals surface area contributed by atoms with Crippen molar-refractivity contribution in [2.45, 2.75) is 24.3 Å². The quantitative estimate of drug-likeness (QED) is 0.454. The Morgan fingerprint density at radius 1 is 0.800 bits per heavy atom. The molecule has 1 aliphatic rings. The van der Waals surface area contributed by atoms with E-state index in [9.17, 15) is 8.42 Å². The number of nitrogens with zero attached hydrogens (tertiary/aromatic N) is 2. The van der Waals surface area contributed by atoms with Crippen molar-refractivity contribution in [3.05, 3.63) is 77.4 Å². The summed E-state index contributed by atoms with van der Waals surface area (Å²) in [6.07, 6.45) is 0.303. The molecule has 0 amide bonds. The second-order valence-corrected chi connectivity index (χ2v) is 9.83. The lowest BCUT2D eigenvalue weighted by atomic mass is 9.97. The average molecular weight is 497 g/mol. The molecule has 1 atom stereocenters. The minimum Gasteiger partial charge on any atom is -0.497 e. The van der Waals surface area contributed by atoms with Crippen molar-refractivity contribution < 1.29 is 27.4 Å². The Hall–Kier alpha value is -3.72. The first-order valence-electron chi connectivity index (χ1n) is 10.9. The minimum atomic E-state index is -3.99. The van der Waals surface area contributed by atoms with E-state index in [-0.39, 0.29) is 4.90 Å². The molecule has 35 heavy (non-hydrogen) atoms. The smallest absolute Gasteiger partial charge is 0.279 e. The van der Waals surface area contributed by atoms with Crippen LogP contribution in [0.15, 0.2) is 70.7 Å². The molecule has 0 saturated heterocycles. The monoisotopic (exact) mass is 496 g/mol. The fourth-order valence-electron chi connectivity index (χ4n) is 4.06. The number of rotatable bonds is 8. The molecular weight excluding hydrogens is 468 g/mol. The number of aryl methyl sites for hydroxylation is 1. The van der Waals surface area contributed by atoms with Gasteiger partial charge in [0.15, 0.2) is 0 Å². The highest BCUT2D eigenvalue weighted by Crippen LogP contribution is 2.43. The highest BCUT2D eigenvalue weighted by atomic mass is 32.2. The van der Waals surface area contributed by atoms with Gasteiger partial charge in [0.1, 0.15) is 23.0 Å². The van der Waals surface area contributed by atoms with Crippen LogP contribution in [-0.2, 0) is 10.0 Å². The van der Waals surface area contributed by atoms with Crippen molar-refractivity contribution in [2.24, 2.45) is 5.10 Å². The molecule has 0 bridgehead atoms. The topological polar surface area (TPSA) is 86.7 Å². The van der Waals surface area contributed by atoms with Crippen LogP contribution >= 0.6 is 0 Å². The van der Waals surface area contributed by atoms with E-state index < -0.39 is 16.1 Å². The Balaban J connectivity index is 1.88. The molecular formula is C26H28N2O6S. The Morgan fingerprint density at radius 3 is 2.06 bits per heavy atom. The molecule has 0 unspecified atom stereocenters. The third-order valence-corrected chi connectivity index (χ3v) is 7.65. The van der Waals surface area contributed by atoms with Gasteiger partial charge in [0.2, 0.25) is 0 Å². The van der Waals surface area contributed by atoms with Crippen LogP contribution in [0.4, 0.5) is 0 Å². The summed E-state index contributed by atoms with van der Waals surface area (Å²) in [7, 11) is 2.25. The number of hydrogen-bond donors (Lipinski definition) is 0. The van der Waals surface area contributed by atoms with Crippen LogP contribution in [0.1, 0.15) is 29.2 Å². The summed E-state index contributed by atoms with van der Waals surface area (Å²) < 4.78 is 50.7. The van der Waals surface area contributed by atoms with Gasteiger partial charge < -0.3 is 18.9 Å². The van der Waals surface area contributed by atoms with Gasteiger partial charge in [0.25, 0.3) is 10.0 Å². The third-order valence-electron chi connectivity index (χ3n) is 5.95. The zero-order valence-corrected chi connectivity index (χ0v) is 21.1. The van der Waals surface area contributed by atoms with Gasteiger partial charge in [0.05, 0.1) is 45.1 Å². The van der Waals surface area contributed by atoms with Crippen LogP contribution in [0.2, 0.25) is 0 Å². The summed E-state index contributed by atoms with van der Waals surface area (Å²) >= 11 is 0. The molecule has 1 aliphatic heterocycles. The largest absolute Gasteiger partial charge is 0.497 e. The average Bonchev–Trinajstić information content (AvgIpc) is 3.34. The molecule has 3 aromatic carbocycles. The highest BCUT2D eigenvalue weighted by Gasteiger charge is 2.40. The van der Waals surface area contributed by atoms with Crippen LogP contribution in [0.3, 0.4) is 0 Å². The fraction of sp³-hybridized carbons (Fsp3) is 0.269. The molecule has 3 aromatic rings. The first-order valence-corrected chi connectivity index (χ1v) is 12.4. The summed E-state index contributed by atoms with van der Waals surface area (Å²) in [5.74, 6) is 2.29. The maximum Gasteiger partial charge on any atom is 0.279 e. The van der Waals surface area contributed by atoms with E-state index >= 15 is 0 Å². The van der Waals surface area contributed by atoms with Gasteiger partial charge in [-0.3, -0.25) is 0 Å². The molecule has 0 spiro atoms. The van der Waals surface area contributed by atoms with Crippen molar-refractivity contribution in [1.82, 2.24) is 4.41 Å². The molecule has 1 heterocycles. The van der Waals surface area contributed by atoms with E-state index in [1.54, 1.807) is 83.0 Å². The van der Waals surface area contributed by atoms with Crippen molar-refractivity contribution in [2.75, 3.05) is 28.4 Å². The van der Waals surface area contributed by atoms with Crippen molar-refractivity contribution in [1.29, 1.82) is 0 Å². The van der Waals surface area contributed by atoms with Gasteiger partial charge >= 0.3 is 0 Å². The molecule has 0 radical (unpaired) electrons. The zero-order valence-electron chi connectivity index (χ0n) is 20.3. The normalized spacial score (nSPS) is 15.5. The van der Waals surface area contributed by atoms with Crippen molar-refractivity contribution in [3.63, 3.8) is 0 Å². The summed E-state index contributed by atoms with van der Waals surface area (Å²) in [5, 5.41) is 4.63. The first kappa shape index (κ1) is 24.4. The van der Waals surface area contributed by atoms with Crippen LogP contribution in [0, 0.1) is 6.92 Å². The molecule has 184 valence electrons. The number of hydrogen-bond acceptors (Lipinski definition) is 7. The third kappa shape index (κ3) is 4.64. The van der Waals surface area contributed by atoms with Crippen LogP contribution < -0.4 is 18.9 Å². The molecule has 4 rings (SSSR count). The van der Waals surface area contributed by atoms with Crippen molar-refractivity contribution in [3.8, 4) is 23.0 Å². The Labute approximate surface area is 205 Å². The fourth-order valence-corrected chi connectivity index (χ4v) is 5.48. The summed E-state index contributed by atoms with van der Waals surface area (Å²) in [4.78, 5) is 0.154. The second kappa shape index (κ2) is 9.87. The summed E-state index contributed by atoms with van der Waals surface area (Å²) in [6, 6.07) is 16.7. The highest BCUT2D eigenvalue weighted by molar-refractivity contribution is 7.89. The Morgan fingerprint density at radius 2 is 1.43 bits per heavy atom. The molecule has 0 aromatic heterocycles. The predicted octanol–water partition coefficient (Wildman–Crippen LogP) is 4.57. The lowest BCUT2D eigenvalue weighted by Crippen LogP contribution is -2.27. The van der Waals surface area contributed by atoms with E-state index in [1.165, 1.54) is 0 Å². The standard InChI is InChI=1S/C26H28N2O6S/c1-17-6-10-20(11-7-17)35(29,30)28-24(22-14-18(31-2)9-13-25(22)33-4)16-23(27-28)21-12-8-19(32-3)15-26(21)34-5/h6-15,24H,16H2,1-5H3/t24-/m1/s1. The number of sulfonamides is 1. The first-order chi connectivity index (χ1) is 16.8. The van der Waals surface area contributed by atoms with Gasteiger partial charge in [-0.2, -0.15) is 17.9 Å². The lowest BCUT2D eigenvalue weighted by Gasteiger charge is -2.25. The predicted molar refractivity (Wildman–Crippen MR) is 133 cm³/mol. The van der Waals surface area contributed by atoms with E-state index in [0.29, 0.717) is 46.3 Å². The second-order valence-electron chi connectivity index (χ2n) is 8.03. The van der Waals surface area contributed by atoms with E-state index in [0.717, 1.165) is 9.98 Å². The van der Waals surface area contributed by atoms with Crippen LogP contribution in [0.5, 0.6) is 23.0 Å². The SMILES string of the molecule is COc1ccc(C2=NN(S(=O)(=O)c3ccc(C)cc3)[C@@H](c3cc(OC)ccc3OC)C2)c(OC)c1. The zero-order chi connectivity index (χ0) is 25.2.